The summed E-state index contributed by atoms with van der Waals surface area (Å²) < 4.78 is 11.7. The zero-order chi connectivity index (χ0) is 15.1. The normalized spacial score (nSPS) is 11.4. The van der Waals surface area contributed by atoms with Crippen LogP contribution in [0.25, 0.3) is 0 Å². The molecule has 0 heterocycles. The minimum atomic E-state index is -0.384. The SMILES string of the molecule is CC(C)(COc1cccc(CO)c1)OCc1ccccc1. The number of rotatable bonds is 7. The van der Waals surface area contributed by atoms with E-state index in [1.807, 2.05) is 68.4 Å². The summed E-state index contributed by atoms with van der Waals surface area (Å²) in [5, 5.41) is 9.12. The molecule has 2 aromatic carbocycles. The summed E-state index contributed by atoms with van der Waals surface area (Å²) in [5.41, 5.74) is 1.61. The van der Waals surface area contributed by atoms with Gasteiger partial charge in [0.05, 0.1) is 18.8 Å². The second kappa shape index (κ2) is 7.25. The van der Waals surface area contributed by atoms with Gasteiger partial charge >= 0.3 is 0 Å². The van der Waals surface area contributed by atoms with Crippen LogP contribution in [0.2, 0.25) is 0 Å². The number of hydrogen-bond donors (Lipinski definition) is 1. The molecule has 0 saturated carbocycles. The van der Waals surface area contributed by atoms with Crippen molar-refractivity contribution in [2.75, 3.05) is 6.61 Å². The third-order valence-electron chi connectivity index (χ3n) is 3.14. The molecule has 0 aliphatic rings. The summed E-state index contributed by atoms with van der Waals surface area (Å²) in [7, 11) is 0. The van der Waals surface area contributed by atoms with Gasteiger partial charge in [-0.3, -0.25) is 0 Å². The van der Waals surface area contributed by atoms with Crippen molar-refractivity contribution < 1.29 is 14.6 Å². The molecule has 112 valence electrons. The van der Waals surface area contributed by atoms with Gasteiger partial charge in [0, 0.05) is 0 Å². The van der Waals surface area contributed by atoms with Crippen LogP contribution in [0.3, 0.4) is 0 Å². The summed E-state index contributed by atoms with van der Waals surface area (Å²) in [6, 6.07) is 17.5. The number of benzene rings is 2. The molecule has 0 amide bonds. The highest BCUT2D eigenvalue weighted by Gasteiger charge is 2.19. The van der Waals surface area contributed by atoms with E-state index in [1.54, 1.807) is 0 Å². The van der Waals surface area contributed by atoms with Crippen LogP contribution in [-0.2, 0) is 18.0 Å². The Morgan fingerprint density at radius 3 is 2.38 bits per heavy atom. The molecule has 1 N–H and O–H groups in total. The van der Waals surface area contributed by atoms with E-state index in [4.69, 9.17) is 14.6 Å². The van der Waals surface area contributed by atoms with Gasteiger partial charge in [-0.05, 0) is 37.1 Å². The van der Waals surface area contributed by atoms with Gasteiger partial charge in [0.2, 0.25) is 0 Å². The first-order valence-electron chi connectivity index (χ1n) is 7.09. The van der Waals surface area contributed by atoms with E-state index in [-0.39, 0.29) is 12.2 Å². The molecule has 2 rings (SSSR count). The maximum atomic E-state index is 9.12. The molecular formula is C18H22O3. The molecule has 3 heteroatoms. The molecule has 2 aromatic rings. The summed E-state index contributed by atoms with van der Waals surface area (Å²) in [5.74, 6) is 0.748. The fourth-order valence-corrected chi connectivity index (χ4v) is 1.89. The van der Waals surface area contributed by atoms with E-state index in [0.717, 1.165) is 16.9 Å². The third-order valence-corrected chi connectivity index (χ3v) is 3.14. The van der Waals surface area contributed by atoms with Crippen LogP contribution >= 0.6 is 0 Å². The van der Waals surface area contributed by atoms with Crippen molar-refractivity contribution in [1.29, 1.82) is 0 Å². The highest BCUT2D eigenvalue weighted by molar-refractivity contribution is 5.28. The molecule has 0 bridgehead atoms. The fourth-order valence-electron chi connectivity index (χ4n) is 1.89. The Labute approximate surface area is 126 Å². The smallest absolute Gasteiger partial charge is 0.119 e. The molecule has 0 radical (unpaired) electrons. The predicted octanol–water partition coefficient (Wildman–Crippen LogP) is 3.55. The zero-order valence-electron chi connectivity index (χ0n) is 12.6. The lowest BCUT2D eigenvalue weighted by atomic mass is 10.1. The molecule has 0 aromatic heterocycles. The Morgan fingerprint density at radius 1 is 0.952 bits per heavy atom. The van der Waals surface area contributed by atoms with E-state index < -0.39 is 0 Å². The molecule has 0 aliphatic heterocycles. The largest absolute Gasteiger partial charge is 0.491 e. The lowest BCUT2D eigenvalue weighted by Gasteiger charge is -2.25. The third kappa shape index (κ3) is 5.21. The number of ether oxygens (including phenoxy) is 2. The molecule has 0 saturated heterocycles. The first-order chi connectivity index (χ1) is 10.1. The van der Waals surface area contributed by atoms with Crippen molar-refractivity contribution in [2.45, 2.75) is 32.7 Å². The van der Waals surface area contributed by atoms with Gasteiger partial charge in [0.1, 0.15) is 12.4 Å². The summed E-state index contributed by atoms with van der Waals surface area (Å²) >= 11 is 0. The van der Waals surface area contributed by atoms with Gasteiger partial charge in [-0.25, -0.2) is 0 Å². The van der Waals surface area contributed by atoms with Crippen LogP contribution in [0.5, 0.6) is 5.75 Å². The first-order valence-corrected chi connectivity index (χ1v) is 7.09. The fraction of sp³-hybridized carbons (Fsp3) is 0.333. The minimum Gasteiger partial charge on any atom is -0.491 e. The molecule has 0 atom stereocenters. The van der Waals surface area contributed by atoms with Gasteiger partial charge in [-0.2, -0.15) is 0 Å². The highest BCUT2D eigenvalue weighted by Crippen LogP contribution is 2.18. The number of aliphatic hydroxyl groups is 1. The zero-order valence-corrected chi connectivity index (χ0v) is 12.6. The molecular weight excluding hydrogens is 264 g/mol. The van der Waals surface area contributed by atoms with E-state index in [1.165, 1.54) is 0 Å². The predicted molar refractivity (Wildman–Crippen MR) is 83.2 cm³/mol. The quantitative estimate of drug-likeness (QED) is 0.846. The van der Waals surface area contributed by atoms with Gasteiger partial charge in [0.15, 0.2) is 0 Å². The Hall–Kier alpha value is -1.84. The van der Waals surface area contributed by atoms with E-state index >= 15 is 0 Å². The standard InChI is InChI=1S/C18H22O3/c1-18(2,21-13-15-7-4-3-5-8-15)14-20-17-10-6-9-16(11-17)12-19/h3-11,19H,12-14H2,1-2H3. The maximum Gasteiger partial charge on any atom is 0.119 e. The summed E-state index contributed by atoms with van der Waals surface area (Å²) in [6.07, 6.45) is 0. The molecule has 0 aliphatic carbocycles. The van der Waals surface area contributed by atoms with Gasteiger partial charge in [0.25, 0.3) is 0 Å². The second-order valence-electron chi connectivity index (χ2n) is 5.63. The Balaban J connectivity index is 1.85. The van der Waals surface area contributed by atoms with Crippen LogP contribution in [0.4, 0.5) is 0 Å². The molecule has 0 spiro atoms. The average Bonchev–Trinajstić information content (AvgIpc) is 2.52. The molecule has 21 heavy (non-hydrogen) atoms. The lowest BCUT2D eigenvalue weighted by Crippen LogP contribution is -2.32. The van der Waals surface area contributed by atoms with Crippen molar-refractivity contribution in [3.05, 3.63) is 65.7 Å². The van der Waals surface area contributed by atoms with E-state index in [0.29, 0.717) is 13.2 Å². The Bertz CT molecular complexity index is 549. The Kier molecular flexibility index (Phi) is 5.37. The minimum absolute atomic E-state index is 0.0189. The number of aliphatic hydroxyl groups excluding tert-OH is 1. The highest BCUT2D eigenvalue weighted by atomic mass is 16.5. The molecule has 0 unspecified atom stereocenters. The molecule has 3 nitrogen and oxygen atoms in total. The van der Waals surface area contributed by atoms with Crippen LogP contribution in [0.15, 0.2) is 54.6 Å². The Morgan fingerprint density at radius 2 is 1.67 bits per heavy atom. The second-order valence-corrected chi connectivity index (χ2v) is 5.63. The van der Waals surface area contributed by atoms with Crippen molar-refractivity contribution in [3.63, 3.8) is 0 Å². The molecule has 0 fully saturated rings. The topological polar surface area (TPSA) is 38.7 Å². The number of hydrogen-bond acceptors (Lipinski definition) is 3. The van der Waals surface area contributed by atoms with Crippen molar-refractivity contribution in [2.24, 2.45) is 0 Å². The van der Waals surface area contributed by atoms with Crippen LogP contribution in [0, 0.1) is 0 Å². The van der Waals surface area contributed by atoms with Crippen LogP contribution in [-0.4, -0.2) is 17.3 Å². The average molecular weight is 286 g/mol. The van der Waals surface area contributed by atoms with E-state index in [9.17, 15) is 0 Å². The van der Waals surface area contributed by atoms with Crippen LogP contribution < -0.4 is 4.74 Å². The summed E-state index contributed by atoms with van der Waals surface area (Å²) in [6.45, 7) is 5.05. The van der Waals surface area contributed by atoms with Gasteiger partial charge < -0.3 is 14.6 Å². The van der Waals surface area contributed by atoms with Crippen molar-refractivity contribution in [3.8, 4) is 5.75 Å². The monoisotopic (exact) mass is 286 g/mol. The maximum absolute atomic E-state index is 9.12. The van der Waals surface area contributed by atoms with Crippen LogP contribution in [0.1, 0.15) is 25.0 Å². The lowest BCUT2D eigenvalue weighted by molar-refractivity contribution is -0.0569. The van der Waals surface area contributed by atoms with E-state index in [2.05, 4.69) is 0 Å². The van der Waals surface area contributed by atoms with Crippen molar-refractivity contribution >= 4 is 0 Å². The van der Waals surface area contributed by atoms with Gasteiger partial charge in [-0.15, -0.1) is 0 Å². The van der Waals surface area contributed by atoms with Gasteiger partial charge in [-0.1, -0.05) is 42.5 Å². The van der Waals surface area contributed by atoms with Crippen molar-refractivity contribution in [1.82, 2.24) is 0 Å². The first kappa shape index (κ1) is 15.5. The summed E-state index contributed by atoms with van der Waals surface area (Å²) in [4.78, 5) is 0.